The van der Waals surface area contributed by atoms with Gasteiger partial charge in [-0.25, -0.2) is 14.4 Å². The van der Waals surface area contributed by atoms with Crippen molar-refractivity contribution in [3.8, 4) is 10.4 Å². The number of aromatic nitrogens is 2. The average molecular weight is 372 g/mol. The van der Waals surface area contributed by atoms with Gasteiger partial charge in [-0.1, -0.05) is 23.9 Å². The Morgan fingerprint density at radius 3 is 2.84 bits per heavy atom. The van der Waals surface area contributed by atoms with Crippen LogP contribution in [0.5, 0.6) is 0 Å². The molecule has 0 unspecified atom stereocenters. The minimum Gasteiger partial charge on any atom is -0.293 e. The van der Waals surface area contributed by atoms with Crippen LogP contribution in [0.25, 0.3) is 10.4 Å². The minimum atomic E-state index is -0.195. The maximum absolute atomic E-state index is 13.1. The van der Waals surface area contributed by atoms with Crippen molar-refractivity contribution in [2.75, 3.05) is 12.8 Å². The van der Waals surface area contributed by atoms with Gasteiger partial charge in [0.1, 0.15) is 5.82 Å². The van der Waals surface area contributed by atoms with Crippen LogP contribution in [-0.4, -0.2) is 27.7 Å². The van der Waals surface area contributed by atoms with Crippen LogP contribution in [-0.2, 0) is 19.5 Å². The summed E-state index contributed by atoms with van der Waals surface area (Å²) in [6.07, 6.45) is 4.95. The number of rotatable bonds is 4. The van der Waals surface area contributed by atoms with Gasteiger partial charge in [0.15, 0.2) is 5.16 Å². The largest absolute Gasteiger partial charge is 0.293 e. The molecule has 0 fully saturated rings. The predicted octanol–water partition coefficient (Wildman–Crippen LogP) is 4.62. The van der Waals surface area contributed by atoms with Crippen LogP contribution in [0.3, 0.4) is 0 Å². The van der Waals surface area contributed by atoms with Gasteiger partial charge < -0.3 is 0 Å². The third kappa shape index (κ3) is 3.76. The maximum Gasteiger partial charge on any atom is 0.187 e. The van der Waals surface area contributed by atoms with Crippen LogP contribution in [0.15, 0.2) is 47.8 Å². The molecule has 25 heavy (non-hydrogen) atoms. The van der Waals surface area contributed by atoms with E-state index in [1.165, 1.54) is 33.1 Å². The summed E-state index contributed by atoms with van der Waals surface area (Å²) in [7, 11) is 0. The van der Waals surface area contributed by atoms with Crippen molar-refractivity contribution in [3.63, 3.8) is 0 Å². The van der Waals surface area contributed by atoms with Crippen LogP contribution in [0, 0.1) is 5.82 Å². The zero-order chi connectivity index (χ0) is 17.2. The molecule has 128 valence electrons. The number of halogens is 1. The highest BCUT2D eigenvalue weighted by molar-refractivity contribution is 7.98. The minimum absolute atomic E-state index is 0.195. The fourth-order valence-corrected chi connectivity index (χ4v) is 4.46. The molecule has 1 aliphatic heterocycles. The van der Waals surface area contributed by atoms with E-state index in [-0.39, 0.29) is 5.82 Å². The van der Waals surface area contributed by atoms with Gasteiger partial charge in [0, 0.05) is 47.6 Å². The van der Waals surface area contributed by atoms with Crippen molar-refractivity contribution in [3.05, 3.63) is 64.5 Å². The zero-order valence-electron chi connectivity index (χ0n) is 13.9. The predicted molar refractivity (Wildman–Crippen MR) is 101 cm³/mol. The van der Waals surface area contributed by atoms with Crippen molar-refractivity contribution in [2.45, 2.75) is 24.7 Å². The molecule has 3 nitrogen and oxygen atoms in total. The first kappa shape index (κ1) is 16.7. The third-order valence-electron chi connectivity index (χ3n) is 4.34. The van der Waals surface area contributed by atoms with Gasteiger partial charge in [0.05, 0.1) is 5.69 Å². The van der Waals surface area contributed by atoms with E-state index in [9.17, 15) is 4.39 Å². The highest BCUT2D eigenvalue weighted by atomic mass is 32.2. The molecule has 0 saturated carbocycles. The second-order valence-electron chi connectivity index (χ2n) is 6.06. The van der Waals surface area contributed by atoms with E-state index >= 15 is 0 Å². The van der Waals surface area contributed by atoms with Crippen molar-refractivity contribution < 1.29 is 4.39 Å². The van der Waals surface area contributed by atoms with E-state index < -0.39 is 0 Å². The molecule has 4 rings (SSSR count). The Labute approximate surface area is 154 Å². The Hall–Kier alpha value is -1.76. The number of nitrogens with zero attached hydrogens (tertiary/aromatic N) is 3. The monoisotopic (exact) mass is 371 g/mol. The van der Waals surface area contributed by atoms with Gasteiger partial charge in [-0.3, -0.25) is 4.90 Å². The number of benzene rings is 1. The first-order chi connectivity index (χ1) is 12.2. The molecular weight excluding hydrogens is 353 g/mol. The number of fused-ring (bicyclic) bond motifs is 1. The Kier molecular flexibility index (Phi) is 4.83. The zero-order valence-corrected chi connectivity index (χ0v) is 15.5. The van der Waals surface area contributed by atoms with E-state index in [4.69, 9.17) is 0 Å². The molecule has 0 atom stereocenters. The Morgan fingerprint density at radius 2 is 2.04 bits per heavy atom. The number of hydrogen-bond donors (Lipinski definition) is 0. The normalized spacial score (nSPS) is 14.5. The molecule has 3 aromatic rings. The summed E-state index contributed by atoms with van der Waals surface area (Å²) in [5.74, 6) is -0.195. The summed E-state index contributed by atoms with van der Waals surface area (Å²) in [5, 5.41) is 0.856. The summed E-state index contributed by atoms with van der Waals surface area (Å²) in [4.78, 5) is 14.0. The number of thioether (sulfide) groups is 1. The van der Waals surface area contributed by atoms with Crippen molar-refractivity contribution in [1.82, 2.24) is 14.9 Å². The smallest absolute Gasteiger partial charge is 0.187 e. The molecule has 0 aliphatic carbocycles. The van der Waals surface area contributed by atoms with E-state index in [0.717, 1.165) is 36.8 Å². The van der Waals surface area contributed by atoms with Gasteiger partial charge in [-0.15, -0.1) is 11.3 Å². The molecule has 1 aromatic carbocycles. The van der Waals surface area contributed by atoms with Crippen molar-refractivity contribution in [2.24, 2.45) is 0 Å². The molecule has 0 N–H and O–H groups in total. The quantitative estimate of drug-likeness (QED) is 0.494. The highest BCUT2D eigenvalue weighted by Gasteiger charge is 2.19. The molecule has 1 aliphatic rings. The molecule has 6 heteroatoms. The van der Waals surface area contributed by atoms with E-state index in [2.05, 4.69) is 27.0 Å². The molecular formula is C19H18FN3S2. The number of thiophene rings is 1. The van der Waals surface area contributed by atoms with Crippen LogP contribution in [0.1, 0.15) is 16.1 Å². The first-order valence-electron chi connectivity index (χ1n) is 8.17. The van der Waals surface area contributed by atoms with Gasteiger partial charge >= 0.3 is 0 Å². The van der Waals surface area contributed by atoms with Crippen LogP contribution in [0.4, 0.5) is 4.39 Å². The molecule has 0 amide bonds. The lowest BCUT2D eigenvalue weighted by atomic mass is 10.1. The highest BCUT2D eigenvalue weighted by Crippen LogP contribution is 2.30. The Balaban J connectivity index is 1.45. The second-order valence-corrected chi connectivity index (χ2v) is 8.00. The number of hydrogen-bond acceptors (Lipinski definition) is 5. The fraction of sp³-hybridized carbons (Fsp3) is 0.263. The van der Waals surface area contributed by atoms with Crippen LogP contribution in [0.2, 0.25) is 0 Å². The van der Waals surface area contributed by atoms with E-state index in [0.29, 0.717) is 0 Å². The summed E-state index contributed by atoms with van der Waals surface area (Å²) >= 11 is 3.36. The standard InChI is InChI=1S/C19H18FN3S2/c1-24-19-21-10-14-11-23(9-8-17(14)22-19)12-16-6-7-18(25-16)13-2-4-15(20)5-3-13/h2-7,10H,8-9,11-12H2,1H3. The van der Waals surface area contributed by atoms with Crippen LogP contribution >= 0.6 is 23.1 Å². The van der Waals surface area contributed by atoms with Crippen molar-refractivity contribution in [1.29, 1.82) is 0 Å². The average Bonchev–Trinajstić information content (AvgIpc) is 3.10. The van der Waals surface area contributed by atoms with Gasteiger partial charge in [0.2, 0.25) is 0 Å². The van der Waals surface area contributed by atoms with Crippen LogP contribution < -0.4 is 0 Å². The Bertz CT molecular complexity index is 877. The van der Waals surface area contributed by atoms with Crippen molar-refractivity contribution >= 4 is 23.1 Å². The molecule has 0 bridgehead atoms. The SMILES string of the molecule is CSc1ncc2c(n1)CCN(Cc1ccc(-c3ccc(F)cc3)s1)C2. The lowest BCUT2D eigenvalue weighted by Gasteiger charge is -2.27. The molecule has 0 radical (unpaired) electrons. The van der Waals surface area contributed by atoms with Gasteiger partial charge in [-0.2, -0.15) is 0 Å². The second kappa shape index (κ2) is 7.23. The van der Waals surface area contributed by atoms with E-state index in [1.807, 2.05) is 24.6 Å². The van der Waals surface area contributed by atoms with Gasteiger partial charge in [0.25, 0.3) is 0 Å². The molecule has 3 heterocycles. The lowest BCUT2D eigenvalue weighted by Crippen LogP contribution is -2.30. The summed E-state index contributed by atoms with van der Waals surface area (Å²) < 4.78 is 13.1. The third-order valence-corrected chi connectivity index (χ3v) is 6.02. The summed E-state index contributed by atoms with van der Waals surface area (Å²) in [6.45, 7) is 2.84. The molecule has 2 aromatic heterocycles. The maximum atomic E-state index is 13.1. The summed E-state index contributed by atoms with van der Waals surface area (Å²) in [5.41, 5.74) is 3.49. The first-order valence-corrected chi connectivity index (χ1v) is 10.2. The van der Waals surface area contributed by atoms with Gasteiger partial charge in [-0.05, 0) is 36.1 Å². The summed E-state index contributed by atoms with van der Waals surface area (Å²) in [6, 6.07) is 11.0. The Morgan fingerprint density at radius 1 is 1.20 bits per heavy atom. The topological polar surface area (TPSA) is 29.0 Å². The van der Waals surface area contributed by atoms with E-state index in [1.54, 1.807) is 23.1 Å². The fourth-order valence-electron chi connectivity index (χ4n) is 3.04. The molecule has 0 saturated heterocycles. The molecule has 0 spiro atoms. The lowest BCUT2D eigenvalue weighted by molar-refractivity contribution is 0.244.